The van der Waals surface area contributed by atoms with Crippen LogP contribution in [-0.2, 0) is 0 Å². The Balaban J connectivity index is 2.40. The lowest BCUT2D eigenvalue weighted by Gasteiger charge is -2.21. The Morgan fingerprint density at radius 2 is 1.76 bits per heavy atom. The lowest BCUT2D eigenvalue weighted by Crippen LogP contribution is -2.26. The first-order valence-corrected chi connectivity index (χ1v) is 8.76. The van der Waals surface area contributed by atoms with Crippen LogP contribution in [0.25, 0.3) is 16.6 Å². The fraction of sp³-hybridized carbons (Fsp3) is 0.273. The summed E-state index contributed by atoms with van der Waals surface area (Å²) in [6, 6.07) is 15.7. The summed E-state index contributed by atoms with van der Waals surface area (Å²) in [6.07, 6.45) is 2.65. The van der Waals surface area contributed by atoms with Crippen LogP contribution in [0.15, 0.2) is 66.0 Å². The maximum atomic E-state index is 13.3. The van der Waals surface area contributed by atoms with Gasteiger partial charge in [-0.3, -0.25) is 9.36 Å². The first kappa shape index (κ1) is 17.2. The first-order valence-electron chi connectivity index (χ1n) is 8.76. The lowest BCUT2D eigenvalue weighted by atomic mass is 9.99. The Kier molecular flexibility index (Phi) is 4.84. The molecule has 3 aromatic rings. The molecule has 1 aromatic heterocycles. The number of aromatic nitrogens is 2. The fourth-order valence-electron chi connectivity index (χ4n) is 3.25. The fourth-order valence-corrected chi connectivity index (χ4v) is 3.25. The third-order valence-corrected chi connectivity index (χ3v) is 4.56. The van der Waals surface area contributed by atoms with Gasteiger partial charge in [0, 0.05) is 5.92 Å². The Bertz CT molecular complexity index is 969. The van der Waals surface area contributed by atoms with Crippen LogP contribution in [0, 0.1) is 0 Å². The van der Waals surface area contributed by atoms with Crippen molar-refractivity contribution in [1.29, 1.82) is 0 Å². The molecule has 0 spiro atoms. The van der Waals surface area contributed by atoms with E-state index in [1.807, 2.05) is 48.5 Å². The van der Waals surface area contributed by atoms with E-state index in [4.69, 9.17) is 4.98 Å². The van der Waals surface area contributed by atoms with Gasteiger partial charge in [-0.05, 0) is 36.1 Å². The SMILES string of the molecule is C=CC[C@@H](C)c1nc2ccccc2c(=O)n1-c1ccccc1C(C)C. The van der Waals surface area contributed by atoms with Gasteiger partial charge in [0.05, 0.1) is 16.6 Å². The van der Waals surface area contributed by atoms with E-state index >= 15 is 0 Å². The van der Waals surface area contributed by atoms with E-state index in [1.54, 1.807) is 4.57 Å². The second-order valence-electron chi connectivity index (χ2n) is 6.77. The molecule has 0 aliphatic heterocycles. The van der Waals surface area contributed by atoms with Gasteiger partial charge in [-0.1, -0.05) is 57.2 Å². The smallest absolute Gasteiger partial charge is 0.265 e. The van der Waals surface area contributed by atoms with E-state index in [-0.39, 0.29) is 11.5 Å². The van der Waals surface area contributed by atoms with Gasteiger partial charge in [0.1, 0.15) is 5.82 Å². The third kappa shape index (κ3) is 3.14. The van der Waals surface area contributed by atoms with Gasteiger partial charge in [0.25, 0.3) is 5.56 Å². The topological polar surface area (TPSA) is 34.9 Å². The van der Waals surface area contributed by atoms with E-state index in [0.717, 1.165) is 29.0 Å². The van der Waals surface area contributed by atoms with E-state index in [0.29, 0.717) is 11.3 Å². The maximum Gasteiger partial charge on any atom is 0.265 e. The average molecular weight is 332 g/mol. The molecule has 0 unspecified atom stereocenters. The van der Waals surface area contributed by atoms with Crippen molar-refractivity contribution in [2.75, 3.05) is 0 Å². The average Bonchev–Trinajstić information content (AvgIpc) is 2.62. The molecule has 0 aliphatic carbocycles. The van der Waals surface area contributed by atoms with Gasteiger partial charge < -0.3 is 0 Å². The van der Waals surface area contributed by atoms with Crippen molar-refractivity contribution in [3.05, 3.63) is 82.9 Å². The van der Waals surface area contributed by atoms with E-state index in [2.05, 4.69) is 33.4 Å². The molecule has 0 N–H and O–H groups in total. The number of hydrogen-bond acceptors (Lipinski definition) is 2. The molecule has 0 saturated carbocycles. The van der Waals surface area contributed by atoms with Crippen molar-refractivity contribution in [2.45, 2.75) is 39.0 Å². The standard InChI is InChI=1S/C22H24N2O/c1-5-10-16(4)21-23-19-13-8-6-12-18(19)22(25)24(21)20-14-9-7-11-17(20)15(2)3/h5-9,11-16H,1,10H2,2-4H3/t16-/m1/s1. The highest BCUT2D eigenvalue weighted by Crippen LogP contribution is 2.27. The minimum atomic E-state index is -0.00962. The highest BCUT2D eigenvalue weighted by molar-refractivity contribution is 5.78. The molecule has 0 amide bonds. The van der Waals surface area contributed by atoms with Gasteiger partial charge >= 0.3 is 0 Å². The van der Waals surface area contributed by atoms with Crippen molar-refractivity contribution in [3.63, 3.8) is 0 Å². The quantitative estimate of drug-likeness (QED) is 0.603. The van der Waals surface area contributed by atoms with Gasteiger partial charge in [-0.25, -0.2) is 4.98 Å². The molecule has 0 saturated heterocycles. The molecule has 1 heterocycles. The summed E-state index contributed by atoms with van der Waals surface area (Å²) in [6.45, 7) is 10.2. The second-order valence-corrected chi connectivity index (χ2v) is 6.77. The number of para-hydroxylation sites is 2. The summed E-state index contributed by atoms with van der Waals surface area (Å²) < 4.78 is 1.80. The molecule has 3 rings (SSSR count). The van der Waals surface area contributed by atoms with Gasteiger partial charge in [0.15, 0.2) is 0 Å². The summed E-state index contributed by atoms with van der Waals surface area (Å²) in [5.74, 6) is 1.21. The zero-order chi connectivity index (χ0) is 18.0. The van der Waals surface area contributed by atoms with E-state index < -0.39 is 0 Å². The molecule has 1 atom stereocenters. The number of rotatable bonds is 5. The van der Waals surface area contributed by atoms with Crippen LogP contribution in [0.1, 0.15) is 50.4 Å². The highest BCUT2D eigenvalue weighted by atomic mass is 16.1. The molecular weight excluding hydrogens is 308 g/mol. The van der Waals surface area contributed by atoms with E-state index in [9.17, 15) is 4.79 Å². The number of nitrogens with zero attached hydrogens (tertiary/aromatic N) is 2. The molecule has 0 bridgehead atoms. The zero-order valence-electron chi connectivity index (χ0n) is 15.1. The molecule has 0 aliphatic rings. The Labute approximate surface area is 148 Å². The van der Waals surface area contributed by atoms with Crippen LogP contribution in [0.2, 0.25) is 0 Å². The van der Waals surface area contributed by atoms with Crippen LogP contribution in [0.4, 0.5) is 0 Å². The summed E-state index contributed by atoms with van der Waals surface area (Å²) in [5, 5.41) is 0.649. The van der Waals surface area contributed by atoms with Gasteiger partial charge in [-0.2, -0.15) is 0 Å². The summed E-state index contributed by atoms with van der Waals surface area (Å²) >= 11 is 0. The third-order valence-electron chi connectivity index (χ3n) is 4.56. The van der Waals surface area contributed by atoms with Gasteiger partial charge in [0.2, 0.25) is 0 Å². The van der Waals surface area contributed by atoms with Crippen molar-refractivity contribution in [3.8, 4) is 5.69 Å². The van der Waals surface area contributed by atoms with Crippen LogP contribution < -0.4 is 5.56 Å². The Morgan fingerprint density at radius 3 is 2.48 bits per heavy atom. The van der Waals surface area contributed by atoms with Crippen molar-refractivity contribution in [1.82, 2.24) is 9.55 Å². The number of benzene rings is 2. The lowest BCUT2D eigenvalue weighted by molar-refractivity contribution is 0.672. The number of hydrogen-bond donors (Lipinski definition) is 0. The molecule has 0 fully saturated rings. The van der Waals surface area contributed by atoms with Crippen molar-refractivity contribution in [2.24, 2.45) is 0 Å². The predicted octanol–water partition coefficient (Wildman–Crippen LogP) is 5.19. The minimum absolute atomic E-state index is 0.00962. The number of fused-ring (bicyclic) bond motifs is 1. The van der Waals surface area contributed by atoms with Crippen molar-refractivity contribution >= 4 is 10.9 Å². The van der Waals surface area contributed by atoms with Crippen LogP contribution in [-0.4, -0.2) is 9.55 Å². The summed E-state index contributed by atoms with van der Waals surface area (Å²) in [4.78, 5) is 18.2. The van der Waals surface area contributed by atoms with Crippen LogP contribution >= 0.6 is 0 Å². The van der Waals surface area contributed by atoms with Gasteiger partial charge in [-0.15, -0.1) is 6.58 Å². The van der Waals surface area contributed by atoms with Crippen molar-refractivity contribution < 1.29 is 0 Å². The molecule has 0 radical (unpaired) electrons. The maximum absolute atomic E-state index is 13.3. The zero-order valence-corrected chi connectivity index (χ0v) is 15.1. The number of allylic oxidation sites excluding steroid dienone is 1. The van der Waals surface area contributed by atoms with Crippen LogP contribution in [0.5, 0.6) is 0 Å². The predicted molar refractivity (Wildman–Crippen MR) is 105 cm³/mol. The minimum Gasteiger partial charge on any atom is -0.268 e. The normalized spacial score (nSPS) is 12.5. The summed E-state index contributed by atoms with van der Waals surface area (Å²) in [5.41, 5.74) is 2.81. The molecule has 128 valence electrons. The first-order chi connectivity index (χ1) is 12.0. The molecule has 2 aromatic carbocycles. The highest BCUT2D eigenvalue weighted by Gasteiger charge is 2.19. The monoisotopic (exact) mass is 332 g/mol. The molecule has 3 heteroatoms. The second kappa shape index (κ2) is 7.06. The van der Waals surface area contributed by atoms with Crippen LogP contribution in [0.3, 0.4) is 0 Å². The summed E-state index contributed by atoms with van der Waals surface area (Å²) in [7, 11) is 0. The largest absolute Gasteiger partial charge is 0.268 e. The molecule has 3 nitrogen and oxygen atoms in total. The molecule has 25 heavy (non-hydrogen) atoms. The Hall–Kier alpha value is -2.68. The Morgan fingerprint density at radius 1 is 1.08 bits per heavy atom. The molecular formula is C22H24N2O. The van der Waals surface area contributed by atoms with E-state index in [1.165, 1.54) is 0 Å².